The fraction of sp³-hybridized carbons (Fsp3) is 0.562. The number of hydrogen-bond donors (Lipinski definition) is 1. The SMILES string of the molecule is O=C(NC1CCC1)N1CCC(Cc2ccc(F)cc2)C1. The Bertz CT molecular complexity index is 470. The highest BCUT2D eigenvalue weighted by molar-refractivity contribution is 5.74. The molecule has 1 aliphatic carbocycles. The molecule has 1 aromatic carbocycles. The highest BCUT2D eigenvalue weighted by atomic mass is 19.1. The van der Waals surface area contributed by atoms with Crippen LogP contribution in [0.1, 0.15) is 31.2 Å². The van der Waals surface area contributed by atoms with Crippen molar-refractivity contribution in [1.82, 2.24) is 10.2 Å². The molecule has 2 amide bonds. The molecule has 2 fully saturated rings. The zero-order valence-corrected chi connectivity index (χ0v) is 11.6. The van der Waals surface area contributed by atoms with Crippen LogP contribution in [0.4, 0.5) is 9.18 Å². The Balaban J connectivity index is 1.48. The molecule has 0 spiro atoms. The molecule has 0 bridgehead atoms. The van der Waals surface area contributed by atoms with Crippen LogP contribution in [0, 0.1) is 11.7 Å². The zero-order valence-electron chi connectivity index (χ0n) is 11.6. The number of carbonyl (C=O) groups excluding carboxylic acids is 1. The molecule has 1 heterocycles. The molecule has 3 nitrogen and oxygen atoms in total. The lowest BCUT2D eigenvalue weighted by Crippen LogP contribution is -2.46. The van der Waals surface area contributed by atoms with E-state index in [9.17, 15) is 9.18 Å². The number of benzene rings is 1. The maximum absolute atomic E-state index is 12.9. The van der Waals surface area contributed by atoms with Gasteiger partial charge < -0.3 is 10.2 Å². The van der Waals surface area contributed by atoms with Gasteiger partial charge in [-0.3, -0.25) is 0 Å². The third kappa shape index (κ3) is 3.11. The van der Waals surface area contributed by atoms with Gasteiger partial charge in [-0.2, -0.15) is 0 Å². The number of rotatable bonds is 3. The van der Waals surface area contributed by atoms with Crippen LogP contribution in [-0.2, 0) is 6.42 Å². The van der Waals surface area contributed by atoms with Crippen LogP contribution < -0.4 is 5.32 Å². The van der Waals surface area contributed by atoms with Gasteiger partial charge in [0.2, 0.25) is 0 Å². The normalized spacial score (nSPS) is 22.6. The molecule has 2 aliphatic rings. The molecular formula is C16H21FN2O. The molecule has 3 rings (SSSR count). The molecule has 1 unspecified atom stereocenters. The summed E-state index contributed by atoms with van der Waals surface area (Å²) < 4.78 is 12.9. The Hall–Kier alpha value is -1.58. The van der Waals surface area contributed by atoms with Gasteiger partial charge in [-0.25, -0.2) is 9.18 Å². The zero-order chi connectivity index (χ0) is 13.9. The van der Waals surface area contributed by atoms with E-state index in [0.29, 0.717) is 12.0 Å². The van der Waals surface area contributed by atoms with Gasteiger partial charge in [0.05, 0.1) is 0 Å². The molecule has 1 aromatic rings. The molecule has 1 N–H and O–H groups in total. The Kier molecular flexibility index (Phi) is 3.90. The second-order valence-electron chi connectivity index (χ2n) is 6.01. The molecular weight excluding hydrogens is 255 g/mol. The van der Waals surface area contributed by atoms with Crippen LogP contribution >= 0.6 is 0 Å². The maximum atomic E-state index is 12.9. The van der Waals surface area contributed by atoms with Crippen molar-refractivity contribution in [3.63, 3.8) is 0 Å². The first-order chi connectivity index (χ1) is 9.70. The first-order valence-electron chi connectivity index (χ1n) is 7.50. The minimum Gasteiger partial charge on any atom is -0.335 e. The van der Waals surface area contributed by atoms with E-state index in [4.69, 9.17) is 0 Å². The van der Waals surface area contributed by atoms with E-state index in [1.807, 2.05) is 17.0 Å². The number of likely N-dealkylation sites (tertiary alicyclic amines) is 1. The predicted molar refractivity (Wildman–Crippen MR) is 76.0 cm³/mol. The van der Waals surface area contributed by atoms with Crippen molar-refractivity contribution < 1.29 is 9.18 Å². The molecule has 4 heteroatoms. The summed E-state index contributed by atoms with van der Waals surface area (Å²) in [4.78, 5) is 14.0. The Morgan fingerprint density at radius 3 is 2.65 bits per heavy atom. The third-order valence-corrected chi connectivity index (χ3v) is 4.44. The first kappa shape index (κ1) is 13.4. The topological polar surface area (TPSA) is 32.3 Å². The van der Waals surface area contributed by atoms with Crippen LogP contribution in [0.25, 0.3) is 0 Å². The fourth-order valence-corrected chi connectivity index (χ4v) is 2.96. The largest absolute Gasteiger partial charge is 0.335 e. The Morgan fingerprint density at radius 2 is 2.00 bits per heavy atom. The average molecular weight is 276 g/mol. The summed E-state index contributed by atoms with van der Waals surface area (Å²) >= 11 is 0. The van der Waals surface area contributed by atoms with Crippen molar-refractivity contribution in [1.29, 1.82) is 0 Å². The predicted octanol–water partition coefficient (Wildman–Crippen LogP) is 2.95. The summed E-state index contributed by atoms with van der Waals surface area (Å²) in [6, 6.07) is 7.19. The first-order valence-corrected chi connectivity index (χ1v) is 7.50. The lowest BCUT2D eigenvalue weighted by molar-refractivity contribution is 0.195. The van der Waals surface area contributed by atoms with E-state index in [1.54, 1.807) is 0 Å². The smallest absolute Gasteiger partial charge is 0.317 e. The van der Waals surface area contributed by atoms with Crippen LogP contribution in [0.3, 0.4) is 0 Å². The molecule has 0 aromatic heterocycles. The van der Waals surface area contributed by atoms with E-state index in [1.165, 1.54) is 18.6 Å². The third-order valence-electron chi connectivity index (χ3n) is 4.44. The maximum Gasteiger partial charge on any atom is 0.317 e. The second-order valence-corrected chi connectivity index (χ2v) is 6.01. The van der Waals surface area contributed by atoms with E-state index in [2.05, 4.69) is 5.32 Å². The molecule has 1 atom stereocenters. The van der Waals surface area contributed by atoms with E-state index < -0.39 is 0 Å². The monoisotopic (exact) mass is 276 g/mol. The summed E-state index contributed by atoms with van der Waals surface area (Å²) in [5.74, 6) is 0.300. The summed E-state index contributed by atoms with van der Waals surface area (Å²) in [7, 11) is 0. The molecule has 1 saturated carbocycles. The Morgan fingerprint density at radius 1 is 1.25 bits per heavy atom. The molecule has 1 aliphatic heterocycles. The van der Waals surface area contributed by atoms with Crippen molar-refractivity contribution in [3.8, 4) is 0 Å². The minimum atomic E-state index is -0.193. The number of hydrogen-bond acceptors (Lipinski definition) is 1. The van der Waals surface area contributed by atoms with Crippen molar-refractivity contribution in [2.24, 2.45) is 5.92 Å². The number of carbonyl (C=O) groups is 1. The van der Waals surface area contributed by atoms with Crippen molar-refractivity contribution in [2.75, 3.05) is 13.1 Å². The molecule has 20 heavy (non-hydrogen) atoms. The van der Waals surface area contributed by atoms with Gasteiger partial charge >= 0.3 is 6.03 Å². The summed E-state index contributed by atoms with van der Waals surface area (Å²) in [5, 5.41) is 3.09. The van der Waals surface area contributed by atoms with Gasteiger partial charge in [0.25, 0.3) is 0 Å². The number of amides is 2. The van der Waals surface area contributed by atoms with Crippen molar-refractivity contribution in [2.45, 2.75) is 38.1 Å². The van der Waals surface area contributed by atoms with E-state index in [-0.39, 0.29) is 11.8 Å². The lowest BCUT2D eigenvalue weighted by atomic mass is 9.93. The van der Waals surface area contributed by atoms with Gasteiger partial charge in [-0.15, -0.1) is 0 Å². The standard InChI is InChI=1S/C16H21FN2O/c17-14-6-4-12(5-7-14)10-13-8-9-19(11-13)16(20)18-15-2-1-3-15/h4-7,13,15H,1-3,8-11H2,(H,18,20). The van der Waals surface area contributed by atoms with Gasteiger partial charge in [-0.1, -0.05) is 12.1 Å². The van der Waals surface area contributed by atoms with Gasteiger partial charge in [-0.05, 0) is 55.7 Å². The number of halogens is 1. The summed E-state index contributed by atoms with van der Waals surface area (Å²) in [6.45, 7) is 1.65. The second kappa shape index (κ2) is 5.81. The quantitative estimate of drug-likeness (QED) is 0.904. The number of urea groups is 1. The highest BCUT2D eigenvalue weighted by Gasteiger charge is 2.28. The molecule has 0 radical (unpaired) electrons. The summed E-state index contributed by atoms with van der Waals surface area (Å²) in [6.07, 6.45) is 5.44. The number of nitrogens with one attached hydrogen (secondary N) is 1. The van der Waals surface area contributed by atoms with Crippen LogP contribution in [0.15, 0.2) is 24.3 Å². The minimum absolute atomic E-state index is 0.0938. The van der Waals surface area contributed by atoms with Crippen LogP contribution in [0.2, 0.25) is 0 Å². The van der Waals surface area contributed by atoms with Crippen LogP contribution in [0.5, 0.6) is 0 Å². The highest BCUT2D eigenvalue weighted by Crippen LogP contribution is 2.23. The molecule has 108 valence electrons. The molecule has 1 saturated heterocycles. The van der Waals surface area contributed by atoms with Crippen molar-refractivity contribution >= 4 is 6.03 Å². The van der Waals surface area contributed by atoms with Gasteiger partial charge in [0.1, 0.15) is 5.82 Å². The van der Waals surface area contributed by atoms with Gasteiger partial charge in [0, 0.05) is 19.1 Å². The fourth-order valence-electron chi connectivity index (χ4n) is 2.96. The van der Waals surface area contributed by atoms with E-state index >= 15 is 0 Å². The average Bonchev–Trinajstić information content (AvgIpc) is 2.85. The summed E-state index contributed by atoms with van der Waals surface area (Å²) in [5.41, 5.74) is 1.15. The Labute approximate surface area is 119 Å². The van der Waals surface area contributed by atoms with Crippen molar-refractivity contribution in [3.05, 3.63) is 35.6 Å². The van der Waals surface area contributed by atoms with Crippen LogP contribution in [-0.4, -0.2) is 30.1 Å². The van der Waals surface area contributed by atoms with E-state index in [0.717, 1.165) is 44.3 Å². The number of nitrogens with zero attached hydrogens (tertiary/aromatic N) is 1. The van der Waals surface area contributed by atoms with Gasteiger partial charge in [0.15, 0.2) is 0 Å². The lowest BCUT2D eigenvalue weighted by Gasteiger charge is -2.29.